The van der Waals surface area contributed by atoms with Crippen LogP contribution in [0.2, 0.25) is 0 Å². The maximum absolute atomic E-state index is 12.3. The van der Waals surface area contributed by atoms with E-state index in [1.165, 1.54) is 0 Å². The molecular weight excluding hydrogens is 272 g/mol. The van der Waals surface area contributed by atoms with E-state index in [0.717, 1.165) is 42.1 Å². The second kappa shape index (κ2) is 8.17. The first kappa shape index (κ1) is 15.2. The molecule has 1 aliphatic rings. The summed E-state index contributed by atoms with van der Waals surface area (Å²) in [7, 11) is 0. The van der Waals surface area contributed by atoms with Crippen LogP contribution in [0.3, 0.4) is 0 Å². The van der Waals surface area contributed by atoms with Crippen molar-refractivity contribution in [3.63, 3.8) is 0 Å². The summed E-state index contributed by atoms with van der Waals surface area (Å²) in [5.74, 6) is 1.94. The third-order valence-electron chi connectivity index (χ3n) is 3.39. The molecule has 0 radical (unpaired) electrons. The first-order valence-electron chi connectivity index (χ1n) is 7.12. The Morgan fingerprint density at radius 2 is 2.25 bits per heavy atom. The van der Waals surface area contributed by atoms with Gasteiger partial charge in [-0.1, -0.05) is 18.2 Å². The van der Waals surface area contributed by atoms with Gasteiger partial charge in [0.15, 0.2) is 0 Å². The van der Waals surface area contributed by atoms with Crippen LogP contribution in [0.4, 0.5) is 5.69 Å². The molecule has 1 heterocycles. The highest BCUT2D eigenvalue weighted by Gasteiger charge is 2.25. The summed E-state index contributed by atoms with van der Waals surface area (Å²) in [6.45, 7) is 1.78. The van der Waals surface area contributed by atoms with Crippen molar-refractivity contribution >= 4 is 23.4 Å². The van der Waals surface area contributed by atoms with Crippen LogP contribution in [-0.4, -0.2) is 42.2 Å². The quantitative estimate of drug-likeness (QED) is 0.671. The lowest BCUT2D eigenvalue weighted by molar-refractivity contribution is -0.122. The van der Waals surface area contributed by atoms with Crippen LogP contribution < -0.4 is 10.6 Å². The Hall–Kier alpha value is -1.20. The van der Waals surface area contributed by atoms with Gasteiger partial charge in [0, 0.05) is 31.1 Å². The van der Waals surface area contributed by atoms with Gasteiger partial charge >= 0.3 is 0 Å². The number of anilines is 1. The molecule has 1 unspecified atom stereocenters. The van der Waals surface area contributed by atoms with E-state index in [1.54, 1.807) is 11.8 Å². The van der Waals surface area contributed by atoms with Gasteiger partial charge in [0.2, 0.25) is 5.91 Å². The van der Waals surface area contributed by atoms with Gasteiger partial charge in [-0.2, -0.15) is 11.8 Å². The molecule has 0 bridgehead atoms. The molecule has 1 amide bonds. The Balaban J connectivity index is 1.79. The van der Waals surface area contributed by atoms with Crippen molar-refractivity contribution in [1.82, 2.24) is 5.32 Å². The number of aliphatic hydroxyl groups is 1. The van der Waals surface area contributed by atoms with Crippen molar-refractivity contribution in [2.45, 2.75) is 18.8 Å². The van der Waals surface area contributed by atoms with E-state index in [4.69, 9.17) is 5.11 Å². The normalized spacial score (nSPS) is 17.1. The van der Waals surface area contributed by atoms with Crippen LogP contribution >= 0.6 is 11.8 Å². The molecule has 0 aliphatic carbocycles. The number of rotatable bonds is 7. The number of hydrogen-bond acceptors (Lipinski definition) is 4. The number of carbonyl (C=O) groups excluding carboxylic acids is 1. The van der Waals surface area contributed by atoms with Crippen molar-refractivity contribution in [3.05, 3.63) is 29.8 Å². The van der Waals surface area contributed by atoms with E-state index in [1.807, 2.05) is 24.3 Å². The van der Waals surface area contributed by atoms with E-state index in [0.29, 0.717) is 6.54 Å². The highest BCUT2D eigenvalue weighted by atomic mass is 32.2. The molecule has 1 aromatic carbocycles. The van der Waals surface area contributed by atoms with E-state index in [-0.39, 0.29) is 18.4 Å². The van der Waals surface area contributed by atoms with Crippen molar-refractivity contribution in [2.75, 3.05) is 36.5 Å². The second-order valence-corrected chi connectivity index (χ2v) is 6.06. The summed E-state index contributed by atoms with van der Waals surface area (Å²) in [6.07, 6.45) is 1.67. The molecule has 0 fully saturated rings. The molecule has 1 aromatic rings. The third-order valence-corrected chi connectivity index (χ3v) is 4.46. The maximum Gasteiger partial charge on any atom is 0.227 e. The fraction of sp³-hybridized carbons (Fsp3) is 0.533. The Morgan fingerprint density at radius 3 is 3.10 bits per heavy atom. The number of carbonyl (C=O) groups is 1. The van der Waals surface area contributed by atoms with Gasteiger partial charge in [-0.25, -0.2) is 0 Å². The fourth-order valence-corrected chi connectivity index (χ4v) is 3.16. The van der Waals surface area contributed by atoms with Gasteiger partial charge in [0.05, 0.1) is 5.92 Å². The molecule has 1 aliphatic heterocycles. The summed E-state index contributed by atoms with van der Waals surface area (Å²) in [4.78, 5) is 12.3. The molecule has 0 saturated heterocycles. The van der Waals surface area contributed by atoms with Crippen molar-refractivity contribution in [3.8, 4) is 0 Å². The zero-order valence-electron chi connectivity index (χ0n) is 11.6. The predicted molar refractivity (Wildman–Crippen MR) is 84.3 cm³/mol. The van der Waals surface area contributed by atoms with E-state index in [9.17, 15) is 4.79 Å². The standard InChI is InChI=1S/C15H22N2O2S/c18-9-3-10-20-11-8-17-15(19)13-6-7-16-14-5-2-1-4-12(13)14/h1-2,4-5,13,16,18H,3,6-11H2,(H,17,19). The number of amides is 1. The summed E-state index contributed by atoms with van der Waals surface area (Å²) in [6, 6.07) is 8.03. The topological polar surface area (TPSA) is 61.4 Å². The lowest BCUT2D eigenvalue weighted by atomic mass is 9.90. The Kier molecular flexibility index (Phi) is 6.21. The molecule has 0 spiro atoms. The summed E-state index contributed by atoms with van der Waals surface area (Å²) in [5.41, 5.74) is 2.18. The number of fused-ring (bicyclic) bond motifs is 1. The molecular formula is C15H22N2O2S. The predicted octanol–water partition coefficient (Wildman–Crippen LogP) is 1.82. The maximum atomic E-state index is 12.3. The smallest absolute Gasteiger partial charge is 0.227 e. The Bertz CT molecular complexity index is 440. The number of hydrogen-bond donors (Lipinski definition) is 3. The fourth-order valence-electron chi connectivity index (χ4n) is 2.38. The summed E-state index contributed by atoms with van der Waals surface area (Å²) >= 11 is 1.77. The zero-order valence-corrected chi connectivity index (χ0v) is 12.4. The molecule has 4 nitrogen and oxygen atoms in total. The third kappa shape index (κ3) is 4.15. The van der Waals surface area contributed by atoms with Gasteiger partial charge in [0.1, 0.15) is 0 Å². The van der Waals surface area contributed by atoms with E-state index in [2.05, 4.69) is 10.6 Å². The van der Waals surface area contributed by atoms with Gasteiger partial charge < -0.3 is 15.7 Å². The highest BCUT2D eigenvalue weighted by molar-refractivity contribution is 7.99. The minimum absolute atomic E-state index is 0.0325. The first-order chi connectivity index (χ1) is 9.83. The molecule has 0 aromatic heterocycles. The van der Waals surface area contributed by atoms with Crippen LogP contribution in [0, 0.1) is 0 Å². The van der Waals surface area contributed by atoms with Gasteiger partial charge in [0.25, 0.3) is 0 Å². The van der Waals surface area contributed by atoms with Crippen LogP contribution in [0.1, 0.15) is 24.3 Å². The zero-order chi connectivity index (χ0) is 14.2. The van der Waals surface area contributed by atoms with Crippen LogP contribution in [0.25, 0.3) is 0 Å². The van der Waals surface area contributed by atoms with Crippen molar-refractivity contribution in [1.29, 1.82) is 0 Å². The number of benzene rings is 1. The minimum atomic E-state index is -0.0325. The molecule has 20 heavy (non-hydrogen) atoms. The van der Waals surface area contributed by atoms with Crippen molar-refractivity contribution in [2.24, 2.45) is 0 Å². The highest BCUT2D eigenvalue weighted by Crippen LogP contribution is 2.31. The lowest BCUT2D eigenvalue weighted by Gasteiger charge is -2.25. The Morgan fingerprint density at radius 1 is 1.40 bits per heavy atom. The second-order valence-electron chi connectivity index (χ2n) is 4.84. The SMILES string of the molecule is O=C(NCCSCCCO)C1CCNc2ccccc21. The van der Waals surface area contributed by atoms with Gasteiger partial charge in [-0.3, -0.25) is 4.79 Å². The van der Waals surface area contributed by atoms with Crippen LogP contribution in [0.15, 0.2) is 24.3 Å². The number of nitrogens with one attached hydrogen (secondary N) is 2. The van der Waals surface area contributed by atoms with Crippen LogP contribution in [-0.2, 0) is 4.79 Å². The largest absolute Gasteiger partial charge is 0.396 e. The monoisotopic (exact) mass is 294 g/mol. The summed E-state index contributed by atoms with van der Waals surface area (Å²) < 4.78 is 0. The molecule has 0 saturated carbocycles. The average Bonchev–Trinajstić information content (AvgIpc) is 2.50. The van der Waals surface area contributed by atoms with E-state index < -0.39 is 0 Å². The van der Waals surface area contributed by atoms with Gasteiger partial charge in [-0.15, -0.1) is 0 Å². The molecule has 3 N–H and O–H groups in total. The Labute approximate surface area is 124 Å². The molecule has 1 atom stereocenters. The number of aliphatic hydroxyl groups excluding tert-OH is 1. The first-order valence-corrected chi connectivity index (χ1v) is 8.27. The number of thioether (sulfide) groups is 1. The molecule has 5 heteroatoms. The number of para-hydroxylation sites is 1. The molecule has 2 rings (SSSR count). The average molecular weight is 294 g/mol. The van der Waals surface area contributed by atoms with Crippen molar-refractivity contribution < 1.29 is 9.90 Å². The molecule has 110 valence electrons. The van der Waals surface area contributed by atoms with E-state index >= 15 is 0 Å². The summed E-state index contributed by atoms with van der Waals surface area (Å²) in [5, 5.41) is 15.0. The lowest BCUT2D eigenvalue weighted by Crippen LogP contribution is -2.34. The minimum Gasteiger partial charge on any atom is -0.396 e. The van der Waals surface area contributed by atoms with Crippen LogP contribution in [0.5, 0.6) is 0 Å². The van der Waals surface area contributed by atoms with Gasteiger partial charge in [-0.05, 0) is 30.2 Å².